The zero-order valence-electron chi connectivity index (χ0n) is 41.5. The number of piperazine rings is 1. The van der Waals surface area contributed by atoms with Crippen molar-refractivity contribution in [1.82, 2.24) is 24.8 Å². The first-order valence-corrected chi connectivity index (χ1v) is 23.6. The summed E-state index contributed by atoms with van der Waals surface area (Å²) in [5.41, 5.74) is -8.19. The molecule has 4 aliphatic rings. The second-order valence-electron chi connectivity index (χ2n) is 20.5. The van der Waals surface area contributed by atoms with Gasteiger partial charge in [-0.1, -0.05) is 24.3 Å². The molecule has 5 atom stereocenters. The van der Waals surface area contributed by atoms with E-state index in [4.69, 9.17) is 23.7 Å². The van der Waals surface area contributed by atoms with E-state index in [1.165, 1.54) is 28.9 Å². The zero-order chi connectivity index (χ0) is 53.6. The Kier molecular flexibility index (Phi) is 13.2. The van der Waals surface area contributed by atoms with Crippen LogP contribution in [0.5, 0.6) is 23.4 Å². The van der Waals surface area contributed by atoms with Gasteiger partial charge in [-0.2, -0.15) is 36.3 Å². The van der Waals surface area contributed by atoms with E-state index in [0.717, 1.165) is 17.9 Å². The van der Waals surface area contributed by atoms with E-state index in [9.17, 15) is 4.79 Å². The van der Waals surface area contributed by atoms with Gasteiger partial charge < -0.3 is 38.4 Å². The Bertz CT molecular complexity index is 2900. The van der Waals surface area contributed by atoms with E-state index in [2.05, 4.69) is 15.0 Å². The summed E-state index contributed by atoms with van der Waals surface area (Å²) >= 11 is 0. The standard InChI is InChI=1S/C51H53F10N7O6/c1-26-36(50(56,57)58)32(19-34(37(26)52)66(20-27-9-14-30(70-7)15-10-27)21-28-11-16-31(71-8)17-12-28)39-38(53)40-35-43(64-45(63-40)72-25-48(24-65(5)6)23-49(48,54)55)67-22-29-13-18-33(68(29)46(69)74-47(2,3)4)41(67)42(51(59,60)61)73-44(35)62-39/h9-12,14-17,19,29,33,41-42H,13,18,20-25H2,1-8H3/t29-,33+,41+,42-,48?/m1/s1. The van der Waals surface area contributed by atoms with Crippen LogP contribution >= 0.6 is 0 Å². The van der Waals surface area contributed by atoms with Crippen LogP contribution < -0.4 is 28.7 Å². The Morgan fingerprint density at radius 2 is 1.46 bits per heavy atom. The molecule has 0 N–H and O–H groups in total. The van der Waals surface area contributed by atoms with Crippen molar-refractivity contribution in [3.63, 3.8) is 0 Å². The zero-order valence-corrected chi connectivity index (χ0v) is 41.5. The minimum absolute atomic E-state index is 0.000248. The number of carbonyl (C=O) groups is 1. The number of carbonyl (C=O) groups excluding carboxylic acids is 1. The average molecular weight is 1050 g/mol. The monoisotopic (exact) mass is 1050 g/mol. The molecule has 1 saturated carbocycles. The molecule has 1 aliphatic carbocycles. The molecule has 0 radical (unpaired) electrons. The van der Waals surface area contributed by atoms with Crippen LogP contribution in [0.15, 0.2) is 54.6 Å². The van der Waals surface area contributed by atoms with Crippen LogP contribution in [0.1, 0.15) is 62.3 Å². The molecule has 1 amide bonds. The van der Waals surface area contributed by atoms with Crippen LogP contribution in [0.2, 0.25) is 0 Å². The number of anilines is 2. The van der Waals surface area contributed by atoms with Gasteiger partial charge >= 0.3 is 24.5 Å². The van der Waals surface area contributed by atoms with Gasteiger partial charge in [0.2, 0.25) is 12.0 Å². The van der Waals surface area contributed by atoms with Gasteiger partial charge in [-0.3, -0.25) is 4.90 Å². The number of alkyl halides is 8. The molecule has 9 rings (SSSR count). The van der Waals surface area contributed by atoms with Gasteiger partial charge in [0.1, 0.15) is 51.9 Å². The van der Waals surface area contributed by atoms with Crippen LogP contribution in [0.3, 0.4) is 0 Å². The molecule has 0 spiro atoms. The average Bonchev–Trinajstić information content (AvgIpc) is 3.75. The fraction of sp³-hybridized carbons (Fsp3) is 0.490. The highest BCUT2D eigenvalue weighted by atomic mass is 19.4. The summed E-state index contributed by atoms with van der Waals surface area (Å²) < 4.78 is 187. The van der Waals surface area contributed by atoms with E-state index < -0.39 is 141 Å². The van der Waals surface area contributed by atoms with Gasteiger partial charge in [-0.25, -0.2) is 27.3 Å². The summed E-state index contributed by atoms with van der Waals surface area (Å²) in [6, 6.07) is 9.07. The van der Waals surface area contributed by atoms with Crippen LogP contribution in [0.25, 0.3) is 22.2 Å². The number of nitrogens with zero attached hydrogens (tertiary/aromatic N) is 7. The van der Waals surface area contributed by atoms with Crippen molar-refractivity contribution >= 4 is 28.5 Å². The van der Waals surface area contributed by atoms with Crippen LogP contribution in [-0.2, 0) is 24.0 Å². The second kappa shape index (κ2) is 18.7. The third-order valence-corrected chi connectivity index (χ3v) is 13.9. The van der Waals surface area contributed by atoms with Crippen molar-refractivity contribution in [1.29, 1.82) is 0 Å². The highest BCUT2D eigenvalue weighted by Gasteiger charge is 2.72. The maximum atomic E-state index is 18.0. The van der Waals surface area contributed by atoms with Gasteiger partial charge in [0, 0.05) is 38.2 Å². The molecule has 5 aromatic rings. The molecule has 23 heteroatoms. The topological polar surface area (TPSA) is 115 Å². The Balaban J connectivity index is 1.27. The van der Waals surface area contributed by atoms with Crippen molar-refractivity contribution < 1.29 is 72.4 Å². The summed E-state index contributed by atoms with van der Waals surface area (Å²) in [6.45, 7) is 3.99. The molecular formula is C51H53F10N7O6. The molecule has 3 aliphatic heterocycles. The molecular weight excluding hydrogens is 997 g/mol. The van der Waals surface area contributed by atoms with Gasteiger partial charge in [0.25, 0.3) is 5.92 Å². The summed E-state index contributed by atoms with van der Waals surface area (Å²) in [5, 5.41) is -0.603. The first-order chi connectivity index (χ1) is 34.6. The number of methoxy groups -OCH3 is 2. The lowest BCUT2D eigenvalue weighted by atomic mass is 9.95. The first-order valence-electron chi connectivity index (χ1n) is 23.6. The summed E-state index contributed by atoms with van der Waals surface area (Å²) in [5.74, 6) is -6.76. The molecule has 1 unspecified atom stereocenters. The number of pyridine rings is 1. The molecule has 3 fully saturated rings. The van der Waals surface area contributed by atoms with Crippen molar-refractivity contribution in [2.24, 2.45) is 5.41 Å². The maximum absolute atomic E-state index is 18.0. The predicted octanol–water partition coefficient (Wildman–Crippen LogP) is 10.8. The quantitative estimate of drug-likeness (QED) is 0.105. The Morgan fingerprint density at radius 1 is 0.865 bits per heavy atom. The van der Waals surface area contributed by atoms with Crippen molar-refractivity contribution in [3.05, 3.63) is 88.5 Å². The molecule has 5 heterocycles. The number of aromatic nitrogens is 3. The Morgan fingerprint density at radius 3 is 1.97 bits per heavy atom. The van der Waals surface area contributed by atoms with E-state index in [1.807, 2.05) is 0 Å². The molecule has 74 heavy (non-hydrogen) atoms. The first kappa shape index (κ1) is 52.3. The summed E-state index contributed by atoms with van der Waals surface area (Å²) in [4.78, 5) is 31.8. The van der Waals surface area contributed by atoms with E-state index >= 15 is 43.9 Å². The molecule has 2 aromatic heterocycles. The van der Waals surface area contributed by atoms with Crippen LogP contribution in [0.4, 0.5) is 60.2 Å². The number of hydrogen-bond acceptors (Lipinski definition) is 12. The number of benzene rings is 3. The summed E-state index contributed by atoms with van der Waals surface area (Å²) in [6.07, 6.45) is -15.0. The van der Waals surface area contributed by atoms with Crippen molar-refractivity contribution in [3.8, 4) is 34.6 Å². The number of fused-ring (bicyclic) bond motifs is 5. The number of amides is 1. The van der Waals surface area contributed by atoms with E-state index in [1.54, 1.807) is 83.4 Å². The SMILES string of the molecule is COc1ccc(CN(Cc2ccc(OC)cc2)c2cc(-c3nc4c5c(nc(OCC6(CN(C)C)CC6(F)F)nc5c3F)N3C[C@H]5CC[C@@H]([C@H]3[C@H](C(F)(F)F)O4)N5C(=O)OC(C)(C)C)c(C(F)(F)F)c(C)c2F)cc1. The largest absolute Gasteiger partial charge is 0.497 e. The fourth-order valence-electron chi connectivity index (χ4n) is 10.5. The lowest BCUT2D eigenvalue weighted by Crippen LogP contribution is -2.68. The normalized spacial score (nSPS) is 22.0. The van der Waals surface area contributed by atoms with Crippen molar-refractivity contribution in [2.45, 2.75) is 108 Å². The minimum Gasteiger partial charge on any atom is -0.497 e. The third kappa shape index (κ3) is 9.71. The van der Waals surface area contributed by atoms with Gasteiger partial charge in [0.05, 0.1) is 49.0 Å². The van der Waals surface area contributed by atoms with Gasteiger partial charge in [-0.05, 0) is 102 Å². The third-order valence-electron chi connectivity index (χ3n) is 13.9. The number of halogens is 10. The summed E-state index contributed by atoms with van der Waals surface area (Å²) in [7, 11) is 6.00. The van der Waals surface area contributed by atoms with Gasteiger partial charge in [-0.15, -0.1) is 0 Å². The smallest absolute Gasteiger partial charge is 0.427 e. The van der Waals surface area contributed by atoms with Gasteiger partial charge in [0.15, 0.2) is 5.82 Å². The molecule has 3 aromatic carbocycles. The Labute approximate surface area is 419 Å². The van der Waals surface area contributed by atoms with E-state index in [-0.39, 0.29) is 39.0 Å². The molecule has 2 saturated heterocycles. The number of ether oxygens (including phenoxy) is 5. The molecule has 398 valence electrons. The molecule has 13 nitrogen and oxygen atoms in total. The predicted molar refractivity (Wildman–Crippen MR) is 251 cm³/mol. The minimum atomic E-state index is -5.44. The number of rotatable bonds is 13. The second-order valence-corrected chi connectivity index (χ2v) is 20.5. The Hall–Kier alpha value is -6.52. The maximum Gasteiger partial charge on any atom is 0.427 e. The number of hydrogen-bond donors (Lipinski definition) is 0. The lowest BCUT2D eigenvalue weighted by molar-refractivity contribution is -0.206. The molecule has 2 bridgehead atoms. The highest BCUT2D eigenvalue weighted by molar-refractivity contribution is 5.98. The van der Waals surface area contributed by atoms with E-state index in [0.29, 0.717) is 22.6 Å². The van der Waals surface area contributed by atoms with Crippen LogP contribution in [-0.4, -0.2) is 121 Å². The lowest BCUT2D eigenvalue weighted by Gasteiger charge is -2.48. The fourth-order valence-corrected chi connectivity index (χ4v) is 10.5. The highest BCUT2D eigenvalue weighted by Crippen LogP contribution is 2.61. The van der Waals surface area contributed by atoms with Crippen molar-refractivity contribution in [2.75, 3.05) is 57.8 Å². The van der Waals surface area contributed by atoms with Crippen LogP contribution in [0, 0.1) is 24.0 Å².